The lowest BCUT2D eigenvalue weighted by Crippen LogP contribution is -2.45. The van der Waals surface area contributed by atoms with Gasteiger partial charge in [0, 0.05) is 12.4 Å². The van der Waals surface area contributed by atoms with Crippen molar-refractivity contribution in [1.29, 1.82) is 0 Å². The minimum Gasteiger partial charge on any atom is -0.466 e. The van der Waals surface area contributed by atoms with Crippen LogP contribution in [0.1, 0.15) is 30.8 Å². The molecule has 0 aromatic carbocycles. The van der Waals surface area contributed by atoms with Gasteiger partial charge < -0.3 is 19.8 Å². The van der Waals surface area contributed by atoms with Crippen molar-refractivity contribution in [3.05, 3.63) is 28.4 Å². The summed E-state index contributed by atoms with van der Waals surface area (Å²) in [7, 11) is 0. The zero-order valence-corrected chi connectivity index (χ0v) is 12.3. The molecule has 1 aromatic rings. The fourth-order valence-corrected chi connectivity index (χ4v) is 1.56. The largest absolute Gasteiger partial charge is 0.466 e. The molecular weight excluding hydrogens is 294 g/mol. The van der Waals surface area contributed by atoms with E-state index in [4.69, 9.17) is 9.47 Å². The maximum atomic E-state index is 12.0. The smallest absolute Gasteiger partial charge is 0.329 e. The fraction of sp³-hybridized carbons (Fsp3) is 0.462. The quantitative estimate of drug-likeness (QED) is 0.642. The number of hydrogen-bond acceptors (Lipinski definition) is 7. The highest BCUT2D eigenvalue weighted by Crippen LogP contribution is 2.00. The Balaban J connectivity index is 2.85. The van der Waals surface area contributed by atoms with Crippen molar-refractivity contribution < 1.29 is 23.9 Å². The summed E-state index contributed by atoms with van der Waals surface area (Å²) in [5.41, 5.74) is -1.13. The molecule has 0 radical (unpaired) electrons. The van der Waals surface area contributed by atoms with E-state index in [0.717, 1.165) is 0 Å². The Bertz CT molecular complexity index is 597. The summed E-state index contributed by atoms with van der Waals surface area (Å²) in [6, 6.07) is -1.26. The molecule has 1 rings (SSSR count). The average molecular weight is 311 g/mol. The van der Waals surface area contributed by atoms with E-state index >= 15 is 0 Å². The Hall–Kier alpha value is -2.71. The van der Waals surface area contributed by atoms with E-state index in [1.807, 2.05) is 0 Å². The van der Waals surface area contributed by atoms with E-state index in [9.17, 15) is 19.2 Å². The highest BCUT2D eigenvalue weighted by molar-refractivity contribution is 5.95. The van der Waals surface area contributed by atoms with Crippen molar-refractivity contribution in [1.82, 2.24) is 15.3 Å². The van der Waals surface area contributed by atoms with Crippen molar-refractivity contribution in [2.75, 3.05) is 13.2 Å². The van der Waals surface area contributed by atoms with Gasteiger partial charge in [0.2, 0.25) is 0 Å². The third-order valence-electron chi connectivity index (χ3n) is 2.48. The standard InChI is InChI=1S/C13H17N3O6/c1-3-21-9(17)7-8(13(20)22-4-2)16-12(19)10-11(18)15-6-5-14-10/h5-6,8H,3-4,7H2,1-2H3,(H,15,18)(H,16,19)/t8-/m1/s1. The lowest BCUT2D eigenvalue weighted by molar-refractivity contribution is -0.152. The number of aromatic amines is 1. The lowest BCUT2D eigenvalue weighted by atomic mass is 10.2. The third kappa shape index (κ3) is 5.00. The minimum absolute atomic E-state index is 0.0815. The van der Waals surface area contributed by atoms with Gasteiger partial charge in [0.15, 0.2) is 5.69 Å². The molecule has 0 saturated heterocycles. The van der Waals surface area contributed by atoms with E-state index in [1.165, 1.54) is 12.4 Å². The van der Waals surface area contributed by atoms with Crippen LogP contribution in [0.5, 0.6) is 0 Å². The van der Waals surface area contributed by atoms with Gasteiger partial charge in [0.1, 0.15) is 6.04 Å². The Morgan fingerprint density at radius 3 is 2.55 bits per heavy atom. The summed E-state index contributed by atoms with van der Waals surface area (Å²) < 4.78 is 9.51. The van der Waals surface area contributed by atoms with Crippen molar-refractivity contribution in [3.63, 3.8) is 0 Å². The Morgan fingerprint density at radius 2 is 1.95 bits per heavy atom. The van der Waals surface area contributed by atoms with Crippen molar-refractivity contribution in [2.45, 2.75) is 26.3 Å². The van der Waals surface area contributed by atoms with Crippen molar-refractivity contribution in [2.24, 2.45) is 0 Å². The van der Waals surface area contributed by atoms with Gasteiger partial charge in [-0.05, 0) is 13.8 Å². The normalized spacial score (nSPS) is 11.4. The molecule has 0 aliphatic rings. The van der Waals surface area contributed by atoms with Gasteiger partial charge in [-0.25, -0.2) is 9.78 Å². The molecule has 9 nitrogen and oxygen atoms in total. The number of carbonyl (C=O) groups is 3. The van der Waals surface area contributed by atoms with Crippen LogP contribution in [0.3, 0.4) is 0 Å². The summed E-state index contributed by atoms with van der Waals surface area (Å²) in [5, 5.41) is 2.25. The number of H-pyrrole nitrogens is 1. The van der Waals surface area contributed by atoms with Crippen LogP contribution in [0.4, 0.5) is 0 Å². The Kier molecular flexibility index (Phi) is 6.74. The number of nitrogens with one attached hydrogen (secondary N) is 2. The molecule has 0 unspecified atom stereocenters. The second-order valence-corrected chi connectivity index (χ2v) is 4.05. The number of hydrogen-bond donors (Lipinski definition) is 2. The molecule has 0 bridgehead atoms. The van der Waals surface area contributed by atoms with Crippen LogP contribution in [-0.2, 0) is 19.1 Å². The second-order valence-electron chi connectivity index (χ2n) is 4.05. The van der Waals surface area contributed by atoms with Gasteiger partial charge in [0.05, 0.1) is 19.6 Å². The Labute approximate surface area is 126 Å². The van der Waals surface area contributed by atoms with E-state index in [2.05, 4.69) is 15.3 Å². The SMILES string of the molecule is CCOC(=O)C[C@@H](NC(=O)c1ncc[nH]c1=O)C(=O)OCC. The van der Waals surface area contributed by atoms with Crippen LogP contribution in [0.25, 0.3) is 0 Å². The highest BCUT2D eigenvalue weighted by atomic mass is 16.5. The number of carbonyl (C=O) groups excluding carboxylic acids is 3. The monoisotopic (exact) mass is 311 g/mol. The van der Waals surface area contributed by atoms with Crippen LogP contribution in [0.15, 0.2) is 17.2 Å². The fourth-order valence-electron chi connectivity index (χ4n) is 1.56. The highest BCUT2D eigenvalue weighted by Gasteiger charge is 2.27. The van der Waals surface area contributed by atoms with Crippen LogP contribution in [-0.4, -0.2) is 47.1 Å². The molecule has 0 aliphatic heterocycles. The molecular formula is C13H17N3O6. The van der Waals surface area contributed by atoms with Gasteiger partial charge in [-0.2, -0.15) is 0 Å². The molecule has 2 N–H and O–H groups in total. The predicted molar refractivity (Wildman–Crippen MR) is 74.0 cm³/mol. The van der Waals surface area contributed by atoms with Crippen LogP contribution < -0.4 is 10.9 Å². The minimum atomic E-state index is -1.26. The number of rotatable bonds is 7. The second kappa shape index (κ2) is 8.55. The lowest BCUT2D eigenvalue weighted by Gasteiger charge is -2.16. The molecule has 0 spiro atoms. The van der Waals surface area contributed by atoms with Gasteiger partial charge >= 0.3 is 11.9 Å². The van der Waals surface area contributed by atoms with Gasteiger partial charge in [-0.15, -0.1) is 0 Å². The van der Waals surface area contributed by atoms with Gasteiger partial charge in [-0.3, -0.25) is 14.4 Å². The number of amides is 1. The van der Waals surface area contributed by atoms with Crippen LogP contribution >= 0.6 is 0 Å². The predicted octanol–water partition coefficient (Wildman–Crippen LogP) is -0.615. The molecule has 0 aliphatic carbocycles. The van der Waals surface area contributed by atoms with Crippen LogP contribution in [0.2, 0.25) is 0 Å². The summed E-state index contributed by atoms with van der Waals surface area (Å²) in [6.07, 6.45) is 2.09. The number of esters is 2. The third-order valence-corrected chi connectivity index (χ3v) is 2.48. The van der Waals surface area contributed by atoms with E-state index in [-0.39, 0.29) is 13.2 Å². The summed E-state index contributed by atoms with van der Waals surface area (Å²) in [6.45, 7) is 3.42. The first-order valence-corrected chi connectivity index (χ1v) is 6.66. The molecule has 0 saturated carbocycles. The first-order chi connectivity index (χ1) is 10.5. The zero-order valence-electron chi connectivity index (χ0n) is 12.3. The summed E-state index contributed by atoms with van der Waals surface area (Å²) in [4.78, 5) is 52.6. The molecule has 1 amide bonds. The first kappa shape index (κ1) is 17.3. The zero-order chi connectivity index (χ0) is 16.5. The maximum Gasteiger partial charge on any atom is 0.329 e. The topological polar surface area (TPSA) is 127 Å². The van der Waals surface area contributed by atoms with Gasteiger partial charge in [0.25, 0.3) is 11.5 Å². The van der Waals surface area contributed by atoms with E-state index in [0.29, 0.717) is 0 Å². The molecule has 1 atom stereocenters. The Morgan fingerprint density at radius 1 is 1.27 bits per heavy atom. The van der Waals surface area contributed by atoms with E-state index < -0.39 is 41.6 Å². The summed E-state index contributed by atoms with van der Waals surface area (Å²) in [5.74, 6) is -2.35. The van der Waals surface area contributed by atoms with Gasteiger partial charge in [-0.1, -0.05) is 0 Å². The molecule has 1 aromatic heterocycles. The number of aromatic nitrogens is 2. The molecule has 1 heterocycles. The van der Waals surface area contributed by atoms with Crippen LogP contribution in [0, 0.1) is 0 Å². The molecule has 120 valence electrons. The van der Waals surface area contributed by atoms with Crippen molar-refractivity contribution >= 4 is 17.8 Å². The number of ether oxygens (including phenoxy) is 2. The molecule has 0 fully saturated rings. The summed E-state index contributed by atoms with van der Waals surface area (Å²) >= 11 is 0. The van der Waals surface area contributed by atoms with Crippen molar-refractivity contribution in [3.8, 4) is 0 Å². The average Bonchev–Trinajstić information content (AvgIpc) is 2.47. The maximum absolute atomic E-state index is 12.0. The molecule has 22 heavy (non-hydrogen) atoms. The number of nitrogens with zero attached hydrogens (tertiary/aromatic N) is 1. The first-order valence-electron chi connectivity index (χ1n) is 6.66. The molecule has 9 heteroatoms. The van der Waals surface area contributed by atoms with E-state index in [1.54, 1.807) is 13.8 Å².